The fourth-order valence-corrected chi connectivity index (χ4v) is 3.19. The molecule has 4 rings (SSSR count). The maximum absolute atomic E-state index is 12.7. The molecule has 0 unspecified atom stereocenters. The molecule has 0 atom stereocenters. The second-order valence-corrected chi connectivity index (χ2v) is 6.90. The maximum Gasteiger partial charge on any atom is 0.291 e. The Labute approximate surface area is 168 Å². The number of hydrogen-bond donors (Lipinski definition) is 1. The lowest BCUT2D eigenvalue weighted by molar-refractivity contribution is 0.0997. The number of amides is 1. The van der Waals surface area contributed by atoms with E-state index in [-0.39, 0.29) is 11.7 Å². The summed E-state index contributed by atoms with van der Waals surface area (Å²) < 4.78 is 5.77. The molecule has 0 aliphatic heterocycles. The summed E-state index contributed by atoms with van der Waals surface area (Å²) >= 11 is 6.20. The van der Waals surface area contributed by atoms with E-state index in [0.29, 0.717) is 10.8 Å². The third kappa shape index (κ3) is 3.71. The molecule has 0 bridgehead atoms. The Morgan fingerprint density at radius 3 is 2.39 bits per heavy atom. The fourth-order valence-electron chi connectivity index (χ4n) is 3.01. The number of nitrogens with one attached hydrogen (secondary N) is 1. The van der Waals surface area contributed by atoms with Crippen molar-refractivity contribution in [2.24, 2.45) is 0 Å². The first-order chi connectivity index (χ1) is 13.6. The fraction of sp³-hybridized carbons (Fsp3) is 0.0417. The number of para-hydroxylation sites is 1. The Morgan fingerprint density at radius 2 is 1.61 bits per heavy atom. The predicted octanol–water partition coefficient (Wildman–Crippen LogP) is 6.83. The summed E-state index contributed by atoms with van der Waals surface area (Å²) in [5.74, 6) is 0.547. The number of hydrogen-bond acceptors (Lipinski definition) is 2. The zero-order chi connectivity index (χ0) is 19.5. The van der Waals surface area contributed by atoms with Crippen molar-refractivity contribution in [3.63, 3.8) is 0 Å². The van der Waals surface area contributed by atoms with Gasteiger partial charge in [0.25, 0.3) is 5.91 Å². The van der Waals surface area contributed by atoms with E-state index in [4.69, 9.17) is 16.0 Å². The lowest BCUT2D eigenvalue weighted by atomic mass is 10.0. The van der Waals surface area contributed by atoms with Crippen LogP contribution >= 0.6 is 11.6 Å². The van der Waals surface area contributed by atoms with Crippen molar-refractivity contribution in [2.75, 3.05) is 5.32 Å². The standard InChI is InChI=1S/C24H18ClNO2/c1-16-11-12-18(15-20(16)25)22-13-14-23(28-22)24(27)26-21-10-6-5-9-19(21)17-7-3-2-4-8-17/h2-15H,1H3,(H,26,27). The molecule has 4 aromatic rings. The highest BCUT2D eigenvalue weighted by molar-refractivity contribution is 6.31. The second kappa shape index (κ2) is 7.75. The van der Waals surface area contributed by atoms with E-state index in [2.05, 4.69) is 5.32 Å². The molecule has 3 aromatic carbocycles. The summed E-state index contributed by atoms with van der Waals surface area (Å²) in [7, 11) is 0. The Hall–Kier alpha value is -3.30. The number of rotatable bonds is 4. The molecule has 0 fully saturated rings. The quantitative estimate of drug-likeness (QED) is 0.417. The van der Waals surface area contributed by atoms with Crippen LogP contribution < -0.4 is 5.32 Å². The summed E-state index contributed by atoms with van der Waals surface area (Å²) in [4.78, 5) is 12.7. The molecule has 4 heteroatoms. The number of carbonyl (C=O) groups excluding carboxylic acids is 1. The zero-order valence-electron chi connectivity index (χ0n) is 15.3. The minimum absolute atomic E-state index is 0.245. The van der Waals surface area contributed by atoms with Gasteiger partial charge in [0, 0.05) is 21.8 Å². The molecule has 3 nitrogen and oxygen atoms in total. The Morgan fingerprint density at radius 1 is 0.857 bits per heavy atom. The summed E-state index contributed by atoms with van der Waals surface area (Å²) in [5, 5.41) is 3.62. The molecule has 0 radical (unpaired) electrons. The van der Waals surface area contributed by atoms with Gasteiger partial charge in [-0.05, 0) is 42.3 Å². The van der Waals surface area contributed by atoms with E-state index < -0.39 is 0 Å². The van der Waals surface area contributed by atoms with E-state index in [9.17, 15) is 4.79 Å². The second-order valence-electron chi connectivity index (χ2n) is 6.49. The van der Waals surface area contributed by atoms with Crippen LogP contribution in [-0.2, 0) is 0 Å². The van der Waals surface area contributed by atoms with Gasteiger partial charge < -0.3 is 9.73 Å². The molecule has 0 aliphatic rings. The summed E-state index contributed by atoms with van der Waals surface area (Å²) in [6.07, 6.45) is 0. The monoisotopic (exact) mass is 387 g/mol. The Kier molecular flexibility index (Phi) is 5.00. The van der Waals surface area contributed by atoms with Crippen molar-refractivity contribution in [3.05, 3.63) is 101 Å². The van der Waals surface area contributed by atoms with Gasteiger partial charge in [-0.1, -0.05) is 72.3 Å². The third-order valence-electron chi connectivity index (χ3n) is 4.55. The first-order valence-corrected chi connectivity index (χ1v) is 9.32. The average molecular weight is 388 g/mol. The van der Waals surface area contributed by atoms with E-state index in [1.54, 1.807) is 12.1 Å². The van der Waals surface area contributed by atoms with Crippen molar-refractivity contribution >= 4 is 23.2 Å². The molecular formula is C24H18ClNO2. The van der Waals surface area contributed by atoms with Crippen molar-refractivity contribution in [2.45, 2.75) is 6.92 Å². The molecule has 1 aromatic heterocycles. The summed E-state index contributed by atoms with van der Waals surface area (Å²) in [6.45, 7) is 1.94. The van der Waals surface area contributed by atoms with Gasteiger partial charge in [0.2, 0.25) is 0 Å². The average Bonchev–Trinajstić information content (AvgIpc) is 3.22. The molecule has 1 heterocycles. The summed E-state index contributed by atoms with van der Waals surface area (Å²) in [5.41, 5.74) is 4.54. The highest BCUT2D eigenvalue weighted by Gasteiger charge is 2.15. The third-order valence-corrected chi connectivity index (χ3v) is 4.95. The SMILES string of the molecule is Cc1ccc(-c2ccc(C(=O)Nc3ccccc3-c3ccccc3)o2)cc1Cl. The van der Waals surface area contributed by atoms with Gasteiger partial charge in [-0.15, -0.1) is 0 Å². The minimum atomic E-state index is -0.298. The Bertz CT molecular complexity index is 1130. The highest BCUT2D eigenvalue weighted by atomic mass is 35.5. The maximum atomic E-state index is 12.7. The number of carbonyl (C=O) groups is 1. The van der Waals surface area contributed by atoms with Gasteiger partial charge in [0.05, 0.1) is 0 Å². The van der Waals surface area contributed by atoms with Gasteiger partial charge in [-0.25, -0.2) is 0 Å². The number of aryl methyl sites for hydroxylation is 1. The van der Waals surface area contributed by atoms with E-state index in [1.165, 1.54) is 0 Å². The van der Waals surface area contributed by atoms with Crippen molar-refractivity contribution in [3.8, 4) is 22.5 Å². The number of anilines is 1. The van der Waals surface area contributed by atoms with Crippen LogP contribution in [0.15, 0.2) is 89.3 Å². The van der Waals surface area contributed by atoms with Crippen molar-refractivity contribution in [1.82, 2.24) is 0 Å². The molecule has 0 spiro atoms. The van der Waals surface area contributed by atoms with E-state index >= 15 is 0 Å². The van der Waals surface area contributed by atoms with Crippen LogP contribution in [0.1, 0.15) is 16.1 Å². The number of benzene rings is 3. The first kappa shape index (κ1) is 18.1. The van der Waals surface area contributed by atoms with Crippen LogP contribution in [-0.4, -0.2) is 5.91 Å². The molecule has 28 heavy (non-hydrogen) atoms. The topological polar surface area (TPSA) is 42.2 Å². The first-order valence-electron chi connectivity index (χ1n) is 8.94. The van der Waals surface area contributed by atoms with Crippen LogP contribution in [0.4, 0.5) is 5.69 Å². The molecule has 0 aliphatic carbocycles. The van der Waals surface area contributed by atoms with E-state index in [1.807, 2.05) is 79.7 Å². The molecule has 0 saturated carbocycles. The molecular weight excluding hydrogens is 370 g/mol. The smallest absolute Gasteiger partial charge is 0.291 e. The van der Waals surface area contributed by atoms with Crippen LogP contribution in [0.5, 0.6) is 0 Å². The summed E-state index contributed by atoms with van der Waals surface area (Å²) in [6, 6.07) is 26.8. The van der Waals surface area contributed by atoms with Gasteiger partial charge in [0.15, 0.2) is 5.76 Å². The normalized spacial score (nSPS) is 10.6. The lowest BCUT2D eigenvalue weighted by Crippen LogP contribution is -2.11. The van der Waals surface area contributed by atoms with Gasteiger partial charge >= 0.3 is 0 Å². The van der Waals surface area contributed by atoms with Crippen LogP contribution in [0, 0.1) is 6.92 Å². The molecule has 1 N–H and O–H groups in total. The molecule has 1 amide bonds. The minimum Gasteiger partial charge on any atom is -0.451 e. The lowest BCUT2D eigenvalue weighted by Gasteiger charge is -2.10. The number of halogens is 1. The van der Waals surface area contributed by atoms with Crippen LogP contribution in [0.3, 0.4) is 0 Å². The highest BCUT2D eigenvalue weighted by Crippen LogP contribution is 2.30. The predicted molar refractivity (Wildman–Crippen MR) is 114 cm³/mol. The van der Waals surface area contributed by atoms with Gasteiger partial charge in [-0.3, -0.25) is 4.79 Å². The van der Waals surface area contributed by atoms with Gasteiger partial charge in [-0.2, -0.15) is 0 Å². The molecule has 138 valence electrons. The molecule has 0 saturated heterocycles. The van der Waals surface area contributed by atoms with Crippen molar-refractivity contribution < 1.29 is 9.21 Å². The van der Waals surface area contributed by atoms with Crippen LogP contribution in [0.25, 0.3) is 22.5 Å². The Balaban J connectivity index is 1.59. The van der Waals surface area contributed by atoms with Crippen molar-refractivity contribution in [1.29, 1.82) is 0 Å². The zero-order valence-corrected chi connectivity index (χ0v) is 16.0. The van der Waals surface area contributed by atoms with E-state index in [0.717, 1.165) is 27.9 Å². The number of furan rings is 1. The van der Waals surface area contributed by atoms with Gasteiger partial charge in [0.1, 0.15) is 5.76 Å². The largest absolute Gasteiger partial charge is 0.451 e. The van der Waals surface area contributed by atoms with Crippen LogP contribution in [0.2, 0.25) is 5.02 Å².